The fourth-order valence-electron chi connectivity index (χ4n) is 5.38. The molecule has 46 heavy (non-hydrogen) atoms. The zero-order valence-corrected chi connectivity index (χ0v) is 25.5. The summed E-state index contributed by atoms with van der Waals surface area (Å²) in [6.07, 6.45) is 2.14. The van der Waals surface area contributed by atoms with E-state index in [1.165, 1.54) is 35.2 Å². The van der Waals surface area contributed by atoms with E-state index in [-0.39, 0.29) is 23.3 Å². The van der Waals surface area contributed by atoms with E-state index >= 15 is 0 Å². The van der Waals surface area contributed by atoms with Crippen LogP contribution in [-0.4, -0.2) is 49.5 Å². The Morgan fingerprint density at radius 2 is 1.83 bits per heavy atom. The molecule has 1 aliphatic rings. The Bertz CT molecular complexity index is 1890. The number of aromatic nitrogens is 3. The molecule has 0 radical (unpaired) electrons. The van der Waals surface area contributed by atoms with E-state index in [1.807, 2.05) is 24.3 Å². The lowest BCUT2D eigenvalue weighted by atomic mass is 9.90. The average Bonchev–Trinajstić information content (AvgIpc) is 3.57. The fraction of sp³-hybridized carbons (Fsp3) is 0.235. The van der Waals surface area contributed by atoms with Crippen molar-refractivity contribution < 1.29 is 28.2 Å². The first-order valence-corrected chi connectivity index (χ1v) is 15.4. The second-order valence-corrected chi connectivity index (χ2v) is 12.7. The first-order valence-electron chi connectivity index (χ1n) is 14.5. The van der Waals surface area contributed by atoms with Crippen molar-refractivity contribution in [3.63, 3.8) is 0 Å². The first kappa shape index (κ1) is 31.3. The van der Waals surface area contributed by atoms with Crippen molar-refractivity contribution in [3.8, 4) is 6.07 Å². The van der Waals surface area contributed by atoms with Crippen LogP contribution in [0.25, 0.3) is 10.8 Å². The summed E-state index contributed by atoms with van der Waals surface area (Å²) in [7, 11) is 0. The van der Waals surface area contributed by atoms with Crippen LogP contribution in [0.15, 0.2) is 91.5 Å². The van der Waals surface area contributed by atoms with Gasteiger partial charge in [-0.2, -0.15) is 10.4 Å². The number of nitrogens with one attached hydrogen (secondary N) is 1. The Kier molecular flexibility index (Phi) is 9.10. The van der Waals surface area contributed by atoms with Crippen molar-refractivity contribution in [1.29, 1.82) is 5.26 Å². The fourth-order valence-corrected chi connectivity index (χ4v) is 6.69. The molecule has 1 saturated heterocycles. The molecule has 0 saturated carbocycles. The normalized spacial score (nSPS) is 18.4. The lowest BCUT2D eigenvalue weighted by Gasteiger charge is -2.37. The van der Waals surface area contributed by atoms with Crippen LogP contribution in [0.4, 0.5) is 14.5 Å². The molecule has 12 heteroatoms. The molecular weight excluding hydrogens is 612 g/mol. The zero-order chi connectivity index (χ0) is 32.3. The lowest BCUT2D eigenvalue weighted by Crippen LogP contribution is -2.43. The predicted octanol–water partition coefficient (Wildman–Crippen LogP) is 5.96. The summed E-state index contributed by atoms with van der Waals surface area (Å²) < 4.78 is 42.1. The van der Waals surface area contributed by atoms with Gasteiger partial charge in [-0.3, -0.25) is 4.79 Å². The predicted molar refractivity (Wildman–Crippen MR) is 169 cm³/mol. The molecule has 1 fully saturated rings. The number of nitriles is 1. The highest BCUT2D eigenvalue weighted by atomic mass is 32.2. The highest BCUT2D eigenvalue weighted by molar-refractivity contribution is 8.00. The van der Waals surface area contributed by atoms with Crippen LogP contribution in [0.5, 0.6) is 0 Å². The minimum atomic E-state index is -1.73. The molecule has 0 bridgehead atoms. The largest absolute Gasteiger partial charge is 0.382 e. The van der Waals surface area contributed by atoms with Crippen LogP contribution in [0.1, 0.15) is 40.3 Å². The van der Waals surface area contributed by atoms with Crippen molar-refractivity contribution in [2.75, 3.05) is 18.5 Å². The average molecular weight is 642 g/mol. The van der Waals surface area contributed by atoms with E-state index in [4.69, 9.17) is 14.7 Å². The quantitative estimate of drug-likeness (QED) is 0.202. The lowest BCUT2D eigenvalue weighted by molar-refractivity contribution is -0.179. The monoisotopic (exact) mass is 641 g/mol. The Morgan fingerprint density at radius 3 is 2.52 bits per heavy atom. The summed E-state index contributed by atoms with van der Waals surface area (Å²) in [5.41, 5.74) is 0.649. The molecule has 9 nitrogen and oxygen atoms in total. The van der Waals surface area contributed by atoms with Crippen molar-refractivity contribution >= 4 is 34.1 Å². The van der Waals surface area contributed by atoms with Crippen LogP contribution in [0.2, 0.25) is 0 Å². The van der Waals surface area contributed by atoms with Gasteiger partial charge in [-0.15, -0.1) is 11.8 Å². The highest BCUT2D eigenvalue weighted by Gasteiger charge is 2.41. The van der Waals surface area contributed by atoms with Crippen molar-refractivity contribution in [1.82, 2.24) is 14.8 Å². The summed E-state index contributed by atoms with van der Waals surface area (Å²) >= 11 is 1.39. The minimum absolute atomic E-state index is 0.0361. The first-order chi connectivity index (χ1) is 22.2. The number of anilines is 1. The number of hydrogen-bond donors (Lipinski definition) is 2. The standard InChI is InChI=1S/C34H29F2N5O4S/c1-21(34(43,18-41-20-38-19-39-41)30-11-8-27(35)14-31(30)36)46-29-16-44-33(45-17-29)26-7-5-23-12-25(6-4-24(23)13-26)32(42)40-28-9-2-22(15-37)3-10-28/h2-14,19-21,29,33,43H,16-18H2,1H3,(H,40,42)/t21-,29-,33-,34-/m1/s1. The van der Waals surface area contributed by atoms with E-state index in [0.717, 1.165) is 28.5 Å². The number of amides is 1. The topological polar surface area (TPSA) is 122 Å². The SMILES string of the molecule is C[C@@H](S[C@H]1CO[C@H](c2ccc3cc(C(=O)Nc4ccc(C#N)cc4)ccc3c2)OC1)[C@](O)(Cn1cncn1)c1ccc(F)cc1F. The molecule has 2 atom stereocenters. The Hall–Kier alpha value is -4.67. The molecule has 1 aliphatic heterocycles. The number of nitrogens with zero attached hydrogens (tertiary/aromatic N) is 4. The highest BCUT2D eigenvalue weighted by Crippen LogP contribution is 2.40. The summed E-state index contributed by atoms with van der Waals surface area (Å²) in [5.74, 6) is -1.84. The maximum atomic E-state index is 14.9. The maximum absolute atomic E-state index is 14.9. The van der Waals surface area contributed by atoms with Crippen LogP contribution >= 0.6 is 11.8 Å². The van der Waals surface area contributed by atoms with Crippen LogP contribution < -0.4 is 5.32 Å². The molecule has 1 aromatic heterocycles. The van der Waals surface area contributed by atoms with Gasteiger partial charge in [-0.1, -0.05) is 31.2 Å². The third-order valence-corrected chi connectivity index (χ3v) is 9.33. The minimum Gasteiger partial charge on any atom is -0.382 e. The molecule has 4 aromatic carbocycles. The molecular formula is C34H29F2N5O4S. The van der Waals surface area contributed by atoms with E-state index in [0.29, 0.717) is 30.0 Å². The number of fused-ring (bicyclic) bond motifs is 1. The number of ether oxygens (including phenoxy) is 2. The molecule has 234 valence electrons. The van der Waals surface area contributed by atoms with Gasteiger partial charge in [0.15, 0.2) is 6.29 Å². The molecule has 6 rings (SSSR count). The van der Waals surface area contributed by atoms with Gasteiger partial charge in [0.2, 0.25) is 0 Å². The van der Waals surface area contributed by atoms with Crippen LogP contribution in [0.3, 0.4) is 0 Å². The van der Waals surface area contributed by atoms with Crippen LogP contribution in [0, 0.1) is 23.0 Å². The number of halogens is 2. The number of carbonyl (C=O) groups excluding carboxylic acids is 1. The maximum Gasteiger partial charge on any atom is 0.255 e. The third-order valence-electron chi connectivity index (χ3n) is 7.87. The molecule has 0 aliphatic carbocycles. The van der Waals surface area contributed by atoms with Gasteiger partial charge < -0.3 is 19.9 Å². The van der Waals surface area contributed by atoms with Crippen molar-refractivity contribution in [2.45, 2.75) is 35.9 Å². The summed E-state index contributed by atoms with van der Waals surface area (Å²) in [6, 6.07) is 23.0. The third kappa shape index (κ3) is 6.78. The molecule has 1 amide bonds. The van der Waals surface area contributed by atoms with Gasteiger partial charge in [0, 0.05) is 33.7 Å². The molecule has 5 aromatic rings. The smallest absolute Gasteiger partial charge is 0.255 e. The van der Waals surface area contributed by atoms with Gasteiger partial charge in [0.25, 0.3) is 5.91 Å². The molecule has 0 spiro atoms. The Balaban J connectivity index is 1.10. The molecule has 2 N–H and O–H groups in total. The van der Waals surface area contributed by atoms with E-state index in [2.05, 4.69) is 21.5 Å². The number of aliphatic hydroxyl groups is 1. The van der Waals surface area contributed by atoms with Crippen molar-refractivity contribution in [3.05, 3.63) is 125 Å². The Morgan fingerprint density at radius 1 is 1.09 bits per heavy atom. The van der Waals surface area contributed by atoms with Crippen molar-refractivity contribution in [2.24, 2.45) is 0 Å². The summed E-state index contributed by atoms with van der Waals surface area (Å²) in [4.78, 5) is 16.7. The van der Waals surface area contributed by atoms with Gasteiger partial charge in [-0.05, 0) is 59.3 Å². The number of carbonyl (C=O) groups is 1. The summed E-state index contributed by atoms with van der Waals surface area (Å²) in [6.45, 7) is 2.32. The van der Waals surface area contributed by atoms with Gasteiger partial charge >= 0.3 is 0 Å². The number of thioether (sulfide) groups is 1. The molecule has 2 heterocycles. The number of rotatable bonds is 9. The Labute approximate surface area is 267 Å². The van der Waals surface area contributed by atoms with Gasteiger partial charge in [0.05, 0.1) is 36.6 Å². The van der Waals surface area contributed by atoms with Crippen LogP contribution in [-0.2, 0) is 21.6 Å². The summed E-state index contributed by atoms with van der Waals surface area (Å²) in [5, 5.41) is 28.7. The number of hydrogen-bond acceptors (Lipinski definition) is 8. The van der Waals surface area contributed by atoms with Gasteiger partial charge in [-0.25, -0.2) is 18.4 Å². The van der Waals surface area contributed by atoms with E-state index in [1.54, 1.807) is 43.3 Å². The van der Waals surface area contributed by atoms with E-state index < -0.39 is 28.8 Å². The van der Waals surface area contributed by atoms with Gasteiger partial charge in [0.1, 0.15) is 29.9 Å². The number of benzene rings is 4. The zero-order valence-electron chi connectivity index (χ0n) is 24.6. The van der Waals surface area contributed by atoms with E-state index in [9.17, 15) is 18.7 Å². The second-order valence-electron chi connectivity index (χ2n) is 11.0. The molecule has 0 unspecified atom stereocenters. The second kappa shape index (κ2) is 13.4.